The molecular weight excluding hydrogens is 210 g/mol. The van der Waals surface area contributed by atoms with Crippen LogP contribution in [0.15, 0.2) is 42.5 Å². The number of nitrogen functional groups attached to an aromatic ring is 1. The van der Waals surface area contributed by atoms with Crippen molar-refractivity contribution in [3.63, 3.8) is 0 Å². The first-order chi connectivity index (χ1) is 8.20. The summed E-state index contributed by atoms with van der Waals surface area (Å²) in [6.07, 6.45) is 0.864. The topological polar surface area (TPSA) is 35.2 Å². The fraction of sp³-hybridized carbons (Fsp3) is 0.200. The van der Waals surface area contributed by atoms with Gasteiger partial charge >= 0.3 is 0 Å². The minimum absolute atomic E-state index is 0.785. The summed E-state index contributed by atoms with van der Waals surface area (Å²) in [7, 11) is 1.65. The van der Waals surface area contributed by atoms with Crippen LogP contribution in [0, 0.1) is 6.92 Å². The Bertz CT molecular complexity index is 520. The van der Waals surface area contributed by atoms with Gasteiger partial charge in [0.15, 0.2) is 0 Å². The van der Waals surface area contributed by atoms with Crippen molar-refractivity contribution in [1.29, 1.82) is 0 Å². The van der Waals surface area contributed by atoms with Crippen molar-refractivity contribution in [2.24, 2.45) is 0 Å². The number of hydrogen-bond donors (Lipinski definition) is 1. The monoisotopic (exact) mass is 227 g/mol. The van der Waals surface area contributed by atoms with Gasteiger partial charge in [0.1, 0.15) is 5.75 Å². The Labute approximate surface area is 102 Å². The van der Waals surface area contributed by atoms with Gasteiger partial charge in [-0.2, -0.15) is 0 Å². The molecule has 0 amide bonds. The minimum atomic E-state index is 0.785. The van der Waals surface area contributed by atoms with Crippen molar-refractivity contribution >= 4 is 5.69 Å². The van der Waals surface area contributed by atoms with Crippen molar-refractivity contribution < 1.29 is 4.74 Å². The molecule has 0 aromatic heterocycles. The molecule has 2 rings (SSSR count). The van der Waals surface area contributed by atoms with Crippen LogP contribution in [0.2, 0.25) is 0 Å². The number of methoxy groups -OCH3 is 1. The van der Waals surface area contributed by atoms with E-state index < -0.39 is 0 Å². The largest absolute Gasteiger partial charge is 0.497 e. The van der Waals surface area contributed by atoms with Gasteiger partial charge in [-0.05, 0) is 36.1 Å². The molecule has 0 saturated carbocycles. The van der Waals surface area contributed by atoms with Crippen LogP contribution >= 0.6 is 0 Å². The maximum Gasteiger partial charge on any atom is 0.120 e. The van der Waals surface area contributed by atoms with Gasteiger partial charge in [0.25, 0.3) is 0 Å². The predicted octanol–water partition coefficient (Wildman–Crippen LogP) is 3.18. The number of rotatable bonds is 3. The fourth-order valence-electron chi connectivity index (χ4n) is 1.87. The zero-order valence-electron chi connectivity index (χ0n) is 10.2. The van der Waals surface area contributed by atoms with Gasteiger partial charge in [-0.3, -0.25) is 0 Å². The SMILES string of the molecule is COc1ccc(Cc2ccccc2C)c(N)c1. The van der Waals surface area contributed by atoms with Crippen molar-refractivity contribution in [2.75, 3.05) is 12.8 Å². The Morgan fingerprint density at radius 1 is 1.06 bits per heavy atom. The van der Waals surface area contributed by atoms with Gasteiger partial charge in [-0.25, -0.2) is 0 Å². The highest BCUT2D eigenvalue weighted by Gasteiger charge is 2.04. The first-order valence-corrected chi connectivity index (χ1v) is 5.67. The summed E-state index contributed by atoms with van der Waals surface area (Å²) in [4.78, 5) is 0. The van der Waals surface area contributed by atoms with Crippen molar-refractivity contribution in [3.05, 3.63) is 59.2 Å². The molecular formula is C15H17NO. The van der Waals surface area contributed by atoms with E-state index >= 15 is 0 Å². The van der Waals surface area contributed by atoms with E-state index in [0.29, 0.717) is 0 Å². The Kier molecular flexibility index (Phi) is 3.33. The fourth-order valence-corrected chi connectivity index (χ4v) is 1.87. The number of benzene rings is 2. The number of ether oxygens (including phenoxy) is 1. The molecule has 2 N–H and O–H groups in total. The summed E-state index contributed by atoms with van der Waals surface area (Å²) in [6.45, 7) is 2.12. The molecule has 0 aliphatic carbocycles. The highest BCUT2D eigenvalue weighted by Crippen LogP contribution is 2.23. The second kappa shape index (κ2) is 4.91. The predicted molar refractivity (Wildman–Crippen MR) is 71.4 cm³/mol. The van der Waals surface area contributed by atoms with Gasteiger partial charge < -0.3 is 10.5 Å². The third kappa shape index (κ3) is 2.59. The summed E-state index contributed by atoms with van der Waals surface area (Å²) in [6, 6.07) is 14.2. The quantitative estimate of drug-likeness (QED) is 0.817. The molecule has 0 radical (unpaired) electrons. The van der Waals surface area contributed by atoms with E-state index in [1.807, 2.05) is 18.2 Å². The average molecular weight is 227 g/mol. The van der Waals surface area contributed by atoms with Crippen LogP contribution in [-0.2, 0) is 6.42 Å². The molecule has 0 aliphatic heterocycles. The molecule has 0 bridgehead atoms. The second-order valence-electron chi connectivity index (χ2n) is 4.17. The highest BCUT2D eigenvalue weighted by molar-refractivity contribution is 5.53. The zero-order chi connectivity index (χ0) is 12.3. The van der Waals surface area contributed by atoms with Crippen LogP contribution in [0.4, 0.5) is 5.69 Å². The summed E-state index contributed by atoms with van der Waals surface area (Å²) < 4.78 is 5.14. The second-order valence-corrected chi connectivity index (χ2v) is 4.17. The summed E-state index contributed by atoms with van der Waals surface area (Å²) in [5.41, 5.74) is 10.5. The van der Waals surface area contributed by atoms with E-state index in [2.05, 4.69) is 31.2 Å². The maximum atomic E-state index is 6.01. The summed E-state index contributed by atoms with van der Waals surface area (Å²) in [5.74, 6) is 0.802. The van der Waals surface area contributed by atoms with Crippen LogP contribution in [-0.4, -0.2) is 7.11 Å². The molecule has 88 valence electrons. The third-order valence-electron chi connectivity index (χ3n) is 3.00. The highest BCUT2D eigenvalue weighted by atomic mass is 16.5. The van der Waals surface area contributed by atoms with E-state index in [9.17, 15) is 0 Å². The molecule has 0 spiro atoms. The Hall–Kier alpha value is -1.96. The first kappa shape index (κ1) is 11.5. The van der Waals surface area contributed by atoms with Gasteiger partial charge in [-0.1, -0.05) is 30.3 Å². The lowest BCUT2D eigenvalue weighted by molar-refractivity contribution is 0.415. The molecule has 2 nitrogen and oxygen atoms in total. The lowest BCUT2D eigenvalue weighted by atomic mass is 9.99. The van der Waals surface area contributed by atoms with Crippen molar-refractivity contribution in [2.45, 2.75) is 13.3 Å². The number of hydrogen-bond acceptors (Lipinski definition) is 2. The van der Waals surface area contributed by atoms with Gasteiger partial charge in [0, 0.05) is 11.8 Å². The maximum absolute atomic E-state index is 6.01. The van der Waals surface area contributed by atoms with E-state index in [0.717, 1.165) is 23.4 Å². The van der Waals surface area contributed by atoms with E-state index in [4.69, 9.17) is 10.5 Å². The normalized spacial score (nSPS) is 10.2. The number of aryl methyl sites for hydroxylation is 1. The minimum Gasteiger partial charge on any atom is -0.497 e. The molecule has 0 unspecified atom stereocenters. The van der Waals surface area contributed by atoms with Crippen LogP contribution in [0.25, 0.3) is 0 Å². The smallest absolute Gasteiger partial charge is 0.120 e. The van der Waals surface area contributed by atoms with Crippen LogP contribution in [0.1, 0.15) is 16.7 Å². The Morgan fingerprint density at radius 3 is 2.47 bits per heavy atom. The average Bonchev–Trinajstić information content (AvgIpc) is 2.34. The Morgan fingerprint density at radius 2 is 1.82 bits per heavy atom. The third-order valence-corrected chi connectivity index (χ3v) is 3.00. The molecule has 0 aliphatic rings. The summed E-state index contributed by atoms with van der Waals surface area (Å²) >= 11 is 0. The van der Waals surface area contributed by atoms with E-state index in [1.54, 1.807) is 7.11 Å². The standard InChI is InChI=1S/C15H17NO/c1-11-5-3-4-6-12(11)9-13-7-8-14(17-2)10-15(13)16/h3-8,10H,9,16H2,1-2H3. The zero-order valence-corrected chi connectivity index (χ0v) is 10.2. The van der Waals surface area contributed by atoms with Crippen molar-refractivity contribution in [1.82, 2.24) is 0 Å². The van der Waals surface area contributed by atoms with E-state index in [-0.39, 0.29) is 0 Å². The van der Waals surface area contributed by atoms with Gasteiger partial charge in [0.2, 0.25) is 0 Å². The molecule has 0 saturated heterocycles. The molecule has 0 atom stereocenters. The van der Waals surface area contributed by atoms with Crippen LogP contribution in [0.3, 0.4) is 0 Å². The Balaban J connectivity index is 2.28. The lowest BCUT2D eigenvalue weighted by Gasteiger charge is -2.09. The van der Waals surface area contributed by atoms with Crippen LogP contribution in [0.5, 0.6) is 5.75 Å². The molecule has 17 heavy (non-hydrogen) atoms. The molecule has 0 heterocycles. The van der Waals surface area contributed by atoms with E-state index in [1.165, 1.54) is 11.1 Å². The molecule has 0 fully saturated rings. The van der Waals surface area contributed by atoms with Crippen LogP contribution < -0.4 is 10.5 Å². The first-order valence-electron chi connectivity index (χ1n) is 5.67. The van der Waals surface area contributed by atoms with Crippen molar-refractivity contribution in [3.8, 4) is 5.75 Å². The molecule has 2 aromatic rings. The van der Waals surface area contributed by atoms with Gasteiger partial charge in [-0.15, -0.1) is 0 Å². The van der Waals surface area contributed by atoms with Gasteiger partial charge in [0.05, 0.1) is 7.11 Å². The molecule has 2 heteroatoms. The number of anilines is 1. The summed E-state index contributed by atoms with van der Waals surface area (Å²) in [5, 5.41) is 0. The molecule has 2 aromatic carbocycles. The lowest BCUT2D eigenvalue weighted by Crippen LogP contribution is -1.98. The number of nitrogens with two attached hydrogens (primary N) is 1.